The Hall–Kier alpha value is -2.80. The summed E-state index contributed by atoms with van der Waals surface area (Å²) in [5.74, 6) is -0.247. The number of aromatic nitrogens is 2. The Morgan fingerprint density at radius 2 is 1.78 bits per heavy atom. The first kappa shape index (κ1) is 19.0. The second-order valence-corrected chi connectivity index (χ2v) is 7.26. The standard InChI is InChI=1S/C20H22N4O2S/c1-3-13(4-2)19-23-24-20(27-19)22-17(25)12-21-18(26)16-10-9-14-7-5-6-8-15(14)11-16/h5-11,13H,3-4,12H2,1-2H3,(H,21,26)(H,22,24,25). The van der Waals surface area contributed by atoms with Crippen LogP contribution in [-0.2, 0) is 4.79 Å². The van der Waals surface area contributed by atoms with Gasteiger partial charge in [-0.1, -0.05) is 55.5 Å². The molecule has 0 saturated carbocycles. The Morgan fingerprint density at radius 1 is 1.04 bits per heavy atom. The van der Waals surface area contributed by atoms with Crippen LogP contribution in [0.25, 0.3) is 10.8 Å². The van der Waals surface area contributed by atoms with Gasteiger partial charge in [0.2, 0.25) is 11.0 Å². The average Bonchev–Trinajstić information content (AvgIpc) is 3.14. The fraction of sp³-hybridized carbons (Fsp3) is 0.300. The molecule has 7 heteroatoms. The van der Waals surface area contributed by atoms with E-state index in [2.05, 4.69) is 34.7 Å². The van der Waals surface area contributed by atoms with Crippen LogP contribution in [0.1, 0.15) is 48.0 Å². The molecule has 0 aliphatic rings. The van der Waals surface area contributed by atoms with Crippen molar-refractivity contribution in [3.63, 3.8) is 0 Å². The van der Waals surface area contributed by atoms with Crippen LogP contribution in [-0.4, -0.2) is 28.6 Å². The second-order valence-electron chi connectivity index (χ2n) is 6.25. The number of carbonyl (C=O) groups is 2. The third-order valence-electron chi connectivity index (χ3n) is 4.44. The summed E-state index contributed by atoms with van der Waals surface area (Å²) < 4.78 is 0. The lowest BCUT2D eigenvalue weighted by atomic mass is 10.1. The topological polar surface area (TPSA) is 84.0 Å². The zero-order chi connectivity index (χ0) is 19.2. The van der Waals surface area contributed by atoms with Crippen molar-refractivity contribution in [3.05, 3.63) is 53.0 Å². The maximum Gasteiger partial charge on any atom is 0.251 e. The number of nitrogens with one attached hydrogen (secondary N) is 2. The van der Waals surface area contributed by atoms with Gasteiger partial charge < -0.3 is 5.32 Å². The predicted molar refractivity (Wildman–Crippen MR) is 108 cm³/mol. The smallest absolute Gasteiger partial charge is 0.251 e. The van der Waals surface area contributed by atoms with Gasteiger partial charge in [-0.15, -0.1) is 10.2 Å². The van der Waals surface area contributed by atoms with Crippen molar-refractivity contribution in [1.82, 2.24) is 15.5 Å². The summed E-state index contributed by atoms with van der Waals surface area (Å²) in [5.41, 5.74) is 0.522. The van der Waals surface area contributed by atoms with Gasteiger partial charge in [-0.25, -0.2) is 0 Å². The minimum absolute atomic E-state index is 0.119. The third kappa shape index (κ3) is 4.68. The highest BCUT2D eigenvalue weighted by molar-refractivity contribution is 7.15. The molecule has 0 radical (unpaired) electrons. The Kier molecular flexibility index (Phi) is 6.13. The molecule has 0 saturated heterocycles. The van der Waals surface area contributed by atoms with Gasteiger partial charge in [0.1, 0.15) is 5.01 Å². The maximum atomic E-state index is 12.3. The van der Waals surface area contributed by atoms with Crippen LogP contribution in [0.5, 0.6) is 0 Å². The molecular formula is C20H22N4O2S. The fourth-order valence-corrected chi connectivity index (χ4v) is 3.87. The lowest BCUT2D eigenvalue weighted by molar-refractivity contribution is -0.115. The monoisotopic (exact) mass is 382 g/mol. The van der Waals surface area contributed by atoms with Crippen LogP contribution in [0, 0.1) is 0 Å². The molecule has 27 heavy (non-hydrogen) atoms. The van der Waals surface area contributed by atoms with E-state index in [9.17, 15) is 9.59 Å². The number of amides is 2. The highest BCUT2D eigenvalue weighted by Crippen LogP contribution is 2.27. The molecule has 0 bridgehead atoms. The van der Waals surface area contributed by atoms with Crippen LogP contribution in [0.4, 0.5) is 5.13 Å². The van der Waals surface area contributed by atoms with Gasteiger partial charge in [0.05, 0.1) is 6.54 Å². The van der Waals surface area contributed by atoms with E-state index in [4.69, 9.17) is 0 Å². The van der Waals surface area contributed by atoms with Crippen molar-refractivity contribution in [2.45, 2.75) is 32.6 Å². The number of rotatable bonds is 7. The minimum atomic E-state index is -0.323. The van der Waals surface area contributed by atoms with E-state index in [1.165, 1.54) is 11.3 Å². The van der Waals surface area contributed by atoms with Crippen molar-refractivity contribution in [2.24, 2.45) is 0 Å². The molecule has 140 valence electrons. The third-order valence-corrected chi connectivity index (χ3v) is 5.44. The zero-order valence-electron chi connectivity index (χ0n) is 15.4. The van der Waals surface area contributed by atoms with E-state index in [-0.39, 0.29) is 18.4 Å². The number of hydrogen-bond acceptors (Lipinski definition) is 5. The average molecular weight is 382 g/mol. The van der Waals surface area contributed by atoms with Gasteiger partial charge in [-0.3, -0.25) is 14.9 Å². The first-order valence-electron chi connectivity index (χ1n) is 9.01. The molecule has 2 amide bonds. The molecule has 2 aromatic carbocycles. The summed E-state index contributed by atoms with van der Waals surface area (Å²) in [6, 6.07) is 13.3. The molecule has 3 rings (SSSR count). The van der Waals surface area contributed by atoms with Gasteiger partial charge in [-0.05, 0) is 35.7 Å². The van der Waals surface area contributed by atoms with E-state index >= 15 is 0 Å². The highest BCUT2D eigenvalue weighted by Gasteiger charge is 2.15. The molecule has 0 aliphatic heterocycles. The number of nitrogens with zero attached hydrogens (tertiary/aromatic N) is 2. The lowest BCUT2D eigenvalue weighted by Crippen LogP contribution is -2.32. The van der Waals surface area contributed by atoms with Gasteiger partial charge in [0.25, 0.3) is 5.91 Å². The summed E-state index contributed by atoms with van der Waals surface area (Å²) in [5, 5.41) is 16.9. The quantitative estimate of drug-likeness (QED) is 0.648. The molecular weight excluding hydrogens is 360 g/mol. The van der Waals surface area contributed by atoms with Gasteiger partial charge >= 0.3 is 0 Å². The van der Waals surface area contributed by atoms with Crippen LogP contribution in [0.15, 0.2) is 42.5 Å². The van der Waals surface area contributed by atoms with E-state index < -0.39 is 0 Å². The summed E-state index contributed by atoms with van der Waals surface area (Å²) in [7, 11) is 0. The molecule has 0 spiro atoms. The summed E-state index contributed by atoms with van der Waals surface area (Å²) in [4.78, 5) is 24.4. The minimum Gasteiger partial charge on any atom is -0.343 e. The van der Waals surface area contributed by atoms with Crippen LogP contribution >= 0.6 is 11.3 Å². The molecule has 2 N–H and O–H groups in total. The number of hydrogen-bond donors (Lipinski definition) is 2. The van der Waals surface area contributed by atoms with Crippen LogP contribution < -0.4 is 10.6 Å². The normalized spacial score (nSPS) is 10.9. The molecule has 0 fully saturated rings. The van der Waals surface area contributed by atoms with Crippen molar-refractivity contribution in [3.8, 4) is 0 Å². The van der Waals surface area contributed by atoms with Gasteiger partial charge in [0.15, 0.2) is 0 Å². The number of carbonyl (C=O) groups excluding carboxylic acids is 2. The first-order chi connectivity index (χ1) is 13.1. The molecule has 3 aromatic rings. The molecule has 6 nitrogen and oxygen atoms in total. The highest BCUT2D eigenvalue weighted by atomic mass is 32.1. The number of benzene rings is 2. The van der Waals surface area contributed by atoms with Gasteiger partial charge in [-0.2, -0.15) is 0 Å². The molecule has 1 aromatic heterocycles. The lowest BCUT2D eigenvalue weighted by Gasteiger charge is -2.07. The van der Waals surface area contributed by atoms with Crippen LogP contribution in [0.3, 0.4) is 0 Å². The molecule has 0 unspecified atom stereocenters. The van der Waals surface area contributed by atoms with E-state index in [0.29, 0.717) is 16.6 Å². The molecule has 1 heterocycles. The molecule has 0 atom stereocenters. The van der Waals surface area contributed by atoms with E-state index in [0.717, 1.165) is 28.6 Å². The summed E-state index contributed by atoms with van der Waals surface area (Å²) >= 11 is 1.38. The zero-order valence-corrected chi connectivity index (χ0v) is 16.2. The van der Waals surface area contributed by atoms with Crippen LogP contribution in [0.2, 0.25) is 0 Å². The summed E-state index contributed by atoms with van der Waals surface area (Å²) in [6.45, 7) is 4.10. The van der Waals surface area contributed by atoms with Gasteiger partial charge in [0, 0.05) is 11.5 Å². The predicted octanol–water partition coefficient (Wildman–Crippen LogP) is 3.96. The van der Waals surface area contributed by atoms with Crippen molar-refractivity contribution < 1.29 is 9.59 Å². The Balaban J connectivity index is 1.56. The first-order valence-corrected chi connectivity index (χ1v) is 9.82. The van der Waals surface area contributed by atoms with Crippen molar-refractivity contribution in [1.29, 1.82) is 0 Å². The Bertz CT molecular complexity index is 950. The maximum absolute atomic E-state index is 12.3. The SMILES string of the molecule is CCC(CC)c1nnc(NC(=O)CNC(=O)c2ccc3ccccc3c2)s1. The Labute approximate surface area is 162 Å². The van der Waals surface area contributed by atoms with E-state index in [1.54, 1.807) is 6.07 Å². The number of anilines is 1. The summed E-state index contributed by atoms with van der Waals surface area (Å²) in [6.07, 6.45) is 1.97. The second kappa shape index (κ2) is 8.73. The van der Waals surface area contributed by atoms with Crippen molar-refractivity contribution in [2.75, 3.05) is 11.9 Å². The Morgan fingerprint density at radius 3 is 2.52 bits per heavy atom. The molecule has 0 aliphatic carbocycles. The van der Waals surface area contributed by atoms with Crippen molar-refractivity contribution >= 4 is 39.1 Å². The van der Waals surface area contributed by atoms with E-state index in [1.807, 2.05) is 36.4 Å². The fourth-order valence-electron chi connectivity index (χ4n) is 2.84. The largest absolute Gasteiger partial charge is 0.343 e. The number of fused-ring (bicyclic) bond motifs is 1.